The molecule has 2 fully saturated rings. The first-order valence-electron chi connectivity index (χ1n) is 11.6. The predicted molar refractivity (Wildman–Crippen MR) is 113 cm³/mol. The number of piperidine rings is 1. The standard InChI is InChI=1S/C23H44N2O2/c1-5-6-7-8-12-19-13-11-16-25(17-19)18-20-14-9-10-15-21(20)24-22(26)27-23(2,3)4/h19-21H,5-18H2,1-4H3,(H,24,26)/t19?,20-,21?/m0/s1. The van der Waals surface area contributed by atoms with Crippen molar-refractivity contribution < 1.29 is 9.53 Å². The van der Waals surface area contributed by atoms with E-state index in [1.54, 1.807) is 0 Å². The van der Waals surface area contributed by atoms with Crippen LogP contribution in [-0.4, -0.2) is 42.3 Å². The Hall–Kier alpha value is -0.770. The molecule has 4 heteroatoms. The molecule has 2 rings (SSSR count). The molecule has 1 aliphatic heterocycles. The second-order valence-corrected chi connectivity index (χ2v) is 9.91. The maximum atomic E-state index is 12.2. The van der Waals surface area contributed by atoms with Crippen molar-refractivity contribution in [2.45, 2.75) is 110 Å². The molecular weight excluding hydrogens is 336 g/mol. The van der Waals surface area contributed by atoms with Crippen LogP contribution in [0.15, 0.2) is 0 Å². The first kappa shape index (κ1) is 22.5. The molecule has 1 amide bonds. The van der Waals surface area contributed by atoms with Crippen LogP contribution in [0.1, 0.15) is 98.3 Å². The van der Waals surface area contributed by atoms with Gasteiger partial charge in [0.15, 0.2) is 0 Å². The summed E-state index contributed by atoms with van der Waals surface area (Å²) in [4.78, 5) is 14.9. The number of amides is 1. The van der Waals surface area contributed by atoms with E-state index in [-0.39, 0.29) is 12.1 Å². The Labute approximate surface area is 167 Å². The van der Waals surface area contributed by atoms with Gasteiger partial charge in [0, 0.05) is 19.1 Å². The third kappa shape index (κ3) is 8.85. The van der Waals surface area contributed by atoms with E-state index in [0.717, 1.165) is 18.9 Å². The molecule has 3 atom stereocenters. The Morgan fingerprint density at radius 1 is 1.07 bits per heavy atom. The van der Waals surface area contributed by atoms with Gasteiger partial charge in [0.05, 0.1) is 0 Å². The molecule has 158 valence electrons. The van der Waals surface area contributed by atoms with Crippen LogP contribution in [0.5, 0.6) is 0 Å². The van der Waals surface area contributed by atoms with E-state index in [9.17, 15) is 4.79 Å². The normalized spacial score (nSPS) is 27.3. The second-order valence-electron chi connectivity index (χ2n) is 9.91. The summed E-state index contributed by atoms with van der Waals surface area (Å²) in [6.07, 6.45) is 14.3. The lowest BCUT2D eigenvalue weighted by molar-refractivity contribution is 0.0443. The molecule has 27 heavy (non-hydrogen) atoms. The third-order valence-corrected chi connectivity index (χ3v) is 6.17. The fraction of sp³-hybridized carbons (Fsp3) is 0.957. The summed E-state index contributed by atoms with van der Waals surface area (Å²) >= 11 is 0. The SMILES string of the molecule is CCCCCCC1CCCN(C[C@@H]2CCCCC2NC(=O)OC(C)(C)C)C1. The van der Waals surface area contributed by atoms with Crippen LogP contribution in [0.25, 0.3) is 0 Å². The minimum atomic E-state index is -0.424. The molecule has 1 N–H and O–H groups in total. The van der Waals surface area contributed by atoms with Crippen LogP contribution in [-0.2, 0) is 4.74 Å². The Balaban J connectivity index is 1.79. The molecule has 0 aromatic heterocycles. The highest BCUT2D eigenvalue weighted by atomic mass is 16.6. The fourth-order valence-electron chi connectivity index (χ4n) is 4.82. The number of rotatable bonds is 8. The molecule has 1 heterocycles. The number of nitrogens with zero attached hydrogens (tertiary/aromatic N) is 1. The first-order chi connectivity index (χ1) is 12.9. The molecular formula is C23H44N2O2. The zero-order valence-electron chi connectivity index (χ0n) is 18.4. The van der Waals surface area contributed by atoms with Crippen molar-refractivity contribution in [1.82, 2.24) is 10.2 Å². The maximum absolute atomic E-state index is 12.2. The van der Waals surface area contributed by atoms with Crippen molar-refractivity contribution >= 4 is 6.09 Å². The average Bonchev–Trinajstić information content (AvgIpc) is 2.59. The van der Waals surface area contributed by atoms with Gasteiger partial charge in [-0.1, -0.05) is 45.4 Å². The monoisotopic (exact) mass is 380 g/mol. The van der Waals surface area contributed by atoms with Crippen molar-refractivity contribution in [1.29, 1.82) is 0 Å². The highest BCUT2D eigenvalue weighted by Crippen LogP contribution is 2.29. The summed E-state index contributed by atoms with van der Waals surface area (Å²) in [5.74, 6) is 1.46. The van der Waals surface area contributed by atoms with Gasteiger partial charge in [-0.15, -0.1) is 0 Å². The predicted octanol–water partition coefficient (Wildman–Crippen LogP) is 5.75. The quantitative estimate of drug-likeness (QED) is 0.545. The van der Waals surface area contributed by atoms with Crippen molar-refractivity contribution in [2.24, 2.45) is 11.8 Å². The van der Waals surface area contributed by atoms with E-state index in [1.165, 1.54) is 77.3 Å². The summed E-state index contributed by atoms with van der Waals surface area (Å²) in [7, 11) is 0. The zero-order chi connectivity index (χ0) is 19.7. The highest BCUT2D eigenvalue weighted by Gasteiger charge is 2.31. The smallest absolute Gasteiger partial charge is 0.407 e. The number of carbonyl (C=O) groups excluding carboxylic acids is 1. The van der Waals surface area contributed by atoms with Crippen LogP contribution in [0.4, 0.5) is 4.79 Å². The summed E-state index contributed by atoms with van der Waals surface area (Å²) in [5, 5.41) is 3.19. The molecule has 0 spiro atoms. The van der Waals surface area contributed by atoms with Crippen molar-refractivity contribution in [3.8, 4) is 0 Å². The Bertz CT molecular complexity index is 433. The average molecular weight is 381 g/mol. The van der Waals surface area contributed by atoms with E-state index < -0.39 is 5.60 Å². The largest absolute Gasteiger partial charge is 0.444 e. The lowest BCUT2D eigenvalue weighted by atomic mass is 9.83. The first-order valence-corrected chi connectivity index (χ1v) is 11.6. The van der Waals surface area contributed by atoms with Crippen molar-refractivity contribution in [3.05, 3.63) is 0 Å². The lowest BCUT2D eigenvalue weighted by Crippen LogP contribution is -2.49. The summed E-state index contributed by atoms with van der Waals surface area (Å²) in [5.41, 5.74) is -0.424. The van der Waals surface area contributed by atoms with E-state index >= 15 is 0 Å². The lowest BCUT2D eigenvalue weighted by Gasteiger charge is -2.39. The molecule has 0 bridgehead atoms. The van der Waals surface area contributed by atoms with E-state index in [1.807, 2.05) is 20.8 Å². The molecule has 2 aliphatic rings. The minimum Gasteiger partial charge on any atom is -0.444 e. The number of unbranched alkanes of at least 4 members (excludes halogenated alkanes) is 3. The molecule has 0 aromatic carbocycles. The zero-order valence-corrected chi connectivity index (χ0v) is 18.4. The summed E-state index contributed by atoms with van der Waals surface area (Å²) in [6, 6.07) is 0.276. The van der Waals surface area contributed by atoms with Crippen LogP contribution >= 0.6 is 0 Å². The van der Waals surface area contributed by atoms with Gasteiger partial charge in [0.2, 0.25) is 0 Å². The minimum absolute atomic E-state index is 0.244. The van der Waals surface area contributed by atoms with E-state index in [2.05, 4.69) is 17.1 Å². The number of hydrogen-bond donors (Lipinski definition) is 1. The number of nitrogens with one attached hydrogen (secondary N) is 1. The molecule has 1 saturated carbocycles. The van der Waals surface area contributed by atoms with E-state index in [4.69, 9.17) is 4.74 Å². The van der Waals surface area contributed by atoms with Gasteiger partial charge in [0.25, 0.3) is 0 Å². The second kappa shape index (κ2) is 11.3. The van der Waals surface area contributed by atoms with Crippen LogP contribution in [0, 0.1) is 11.8 Å². The molecule has 2 unspecified atom stereocenters. The van der Waals surface area contributed by atoms with Gasteiger partial charge in [0.1, 0.15) is 5.60 Å². The van der Waals surface area contributed by atoms with Crippen LogP contribution in [0.2, 0.25) is 0 Å². The molecule has 1 saturated heterocycles. The van der Waals surface area contributed by atoms with Crippen molar-refractivity contribution in [2.75, 3.05) is 19.6 Å². The number of ether oxygens (including phenoxy) is 1. The van der Waals surface area contributed by atoms with Gasteiger partial charge >= 0.3 is 6.09 Å². The molecule has 0 radical (unpaired) electrons. The van der Waals surface area contributed by atoms with Crippen LogP contribution < -0.4 is 5.32 Å². The Kier molecular flexibility index (Phi) is 9.41. The van der Waals surface area contributed by atoms with E-state index in [0.29, 0.717) is 5.92 Å². The number of alkyl carbamates (subject to hydrolysis) is 1. The molecule has 0 aromatic rings. The Morgan fingerprint density at radius 3 is 2.59 bits per heavy atom. The fourth-order valence-corrected chi connectivity index (χ4v) is 4.82. The van der Waals surface area contributed by atoms with Crippen LogP contribution in [0.3, 0.4) is 0 Å². The van der Waals surface area contributed by atoms with Gasteiger partial charge < -0.3 is 15.0 Å². The number of hydrogen-bond acceptors (Lipinski definition) is 3. The topological polar surface area (TPSA) is 41.6 Å². The summed E-state index contributed by atoms with van der Waals surface area (Å²) in [6.45, 7) is 11.7. The van der Waals surface area contributed by atoms with Gasteiger partial charge in [-0.3, -0.25) is 0 Å². The highest BCUT2D eigenvalue weighted by molar-refractivity contribution is 5.68. The number of likely N-dealkylation sites (tertiary alicyclic amines) is 1. The maximum Gasteiger partial charge on any atom is 0.407 e. The molecule has 1 aliphatic carbocycles. The van der Waals surface area contributed by atoms with Gasteiger partial charge in [-0.25, -0.2) is 4.79 Å². The third-order valence-electron chi connectivity index (χ3n) is 6.17. The number of carbonyl (C=O) groups is 1. The van der Waals surface area contributed by atoms with Gasteiger partial charge in [-0.05, 0) is 71.3 Å². The molecule has 4 nitrogen and oxygen atoms in total. The summed E-state index contributed by atoms with van der Waals surface area (Å²) < 4.78 is 5.50. The Morgan fingerprint density at radius 2 is 1.85 bits per heavy atom. The van der Waals surface area contributed by atoms with Gasteiger partial charge in [-0.2, -0.15) is 0 Å². The van der Waals surface area contributed by atoms with Crippen molar-refractivity contribution in [3.63, 3.8) is 0 Å².